The minimum absolute atomic E-state index is 0.239. The first-order valence-electron chi connectivity index (χ1n) is 3.46. The van der Waals surface area contributed by atoms with Crippen LogP contribution in [0.2, 0.25) is 0 Å². The fourth-order valence-electron chi connectivity index (χ4n) is 0.901. The number of aliphatic hydroxyl groups excluding tert-OH is 1. The summed E-state index contributed by atoms with van der Waals surface area (Å²) in [4.78, 5) is 0. The molecule has 0 aromatic heterocycles. The molecule has 3 N–H and O–H groups in total. The Labute approximate surface area is 83.7 Å². The molecule has 0 amide bonds. The van der Waals surface area contributed by atoms with Crippen molar-refractivity contribution in [2.45, 2.75) is 6.04 Å². The third kappa shape index (κ3) is 2.15. The molecule has 0 fully saturated rings. The van der Waals surface area contributed by atoms with Crippen LogP contribution in [0.1, 0.15) is 11.6 Å². The van der Waals surface area contributed by atoms with E-state index >= 15 is 0 Å². The van der Waals surface area contributed by atoms with Crippen molar-refractivity contribution in [2.75, 3.05) is 6.61 Å². The Balaban J connectivity index is 3.01. The van der Waals surface area contributed by atoms with E-state index in [1.54, 1.807) is 12.1 Å². The molecule has 0 aliphatic rings. The number of hydrogen-bond acceptors (Lipinski definition) is 2. The van der Waals surface area contributed by atoms with Gasteiger partial charge in [-0.1, -0.05) is 6.07 Å². The normalized spacial score (nSPS) is 13.0. The molecule has 1 atom stereocenters. The van der Waals surface area contributed by atoms with Gasteiger partial charge >= 0.3 is 0 Å². The molecule has 1 aromatic rings. The van der Waals surface area contributed by atoms with Gasteiger partial charge in [-0.2, -0.15) is 0 Å². The van der Waals surface area contributed by atoms with Crippen molar-refractivity contribution >= 4 is 22.6 Å². The van der Waals surface area contributed by atoms with E-state index in [4.69, 9.17) is 10.8 Å². The molecule has 0 aliphatic heterocycles. The fourth-order valence-corrected chi connectivity index (χ4v) is 1.35. The largest absolute Gasteiger partial charge is 0.394 e. The molecule has 1 unspecified atom stereocenters. The SMILES string of the molecule is NC(CO)c1ccc(I)cc1F. The Kier molecular flexibility index (Phi) is 3.42. The van der Waals surface area contributed by atoms with Crippen LogP contribution in [0.25, 0.3) is 0 Å². The zero-order chi connectivity index (χ0) is 9.14. The van der Waals surface area contributed by atoms with Crippen molar-refractivity contribution in [2.24, 2.45) is 5.73 Å². The van der Waals surface area contributed by atoms with Crippen LogP contribution >= 0.6 is 22.6 Å². The average molecular weight is 281 g/mol. The zero-order valence-electron chi connectivity index (χ0n) is 6.30. The van der Waals surface area contributed by atoms with E-state index in [2.05, 4.69) is 0 Å². The lowest BCUT2D eigenvalue weighted by Gasteiger charge is -2.09. The van der Waals surface area contributed by atoms with Crippen molar-refractivity contribution < 1.29 is 9.50 Å². The van der Waals surface area contributed by atoms with E-state index in [9.17, 15) is 4.39 Å². The summed E-state index contributed by atoms with van der Waals surface area (Å²) in [5.41, 5.74) is 5.81. The van der Waals surface area contributed by atoms with Crippen LogP contribution in [-0.4, -0.2) is 11.7 Å². The van der Waals surface area contributed by atoms with Gasteiger partial charge in [0.1, 0.15) is 5.82 Å². The first-order chi connectivity index (χ1) is 5.65. The summed E-state index contributed by atoms with van der Waals surface area (Å²) in [6.45, 7) is -0.239. The van der Waals surface area contributed by atoms with E-state index in [1.807, 2.05) is 22.6 Å². The summed E-state index contributed by atoms with van der Waals surface area (Å²) in [5, 5.41) is 8.69. The summed E-state index contributed by atoms with van der Waals surface area (Å²) < 4.78 is 13.9. The standard InChI is InChI=1S/C8H9FINO/c9-7-3-5(10)1-2-6(7)8(11)4-12/h1-3,8,12H,4,11H2. The van der Waals surface area contributed by atoms with Gasteiger partial charge in [-0.05, 0) is 34.7 Å². The Bertz CT molecular complexity index is 280. The van der Waals surface area contributed by atoms with Gasteiger partial charge in [0.05, 0.1) is 12.6 Å². The Morgan fingerprint density at radius 3 is 2.75 bits per heavy atom. The second kappa shape index (κ2) is 4.15. The maximum Gasteiger partial charge on any atom is 0.129 e. The number of benzene rings is 1. The molecule has 1 aromatic carbocycles. The van der Waals surface area contributed by atoms with Crippen molar-refractivity contribution in [3.05, 3.63) is 33.1 Å². The molecule has 1 rings (SSSR count). The summed E-state index contributed by atoms with van der Waals surface area (Å²) in [5.74, 6) is -0.358. The van der Waals surface area contributed by atoms with Gasteiger partial charge in [0.15, 0.2) is 0 Å². The Morgan fingerprint density at radius 2 is 2.25 bits per heavy atom. The highest BCUT2D eigenvalue weighted by Gasteiger charge is 2.09. The molecule has 0 heterocycles. The molecule has 0 spiro atoms. The van der Waals surface area contributed by atoms with Crippen LogP contribution in [0, 0.1) is 9.39 Å². The van der Waals surface area contributed by atoms with Gasteiger partial charge in [0.2, 0.25) is 0 Å². The van der Waals surface area contributed by atoms with E-state index < -0.39 is 6.04 Å². The molecule has 0 radical (unpaired) electrons. The monoisotopic (exact) mass is 281 g/mol. The maximum atomic E-state index is 13.1. The molecule has 2 nitrogen and oxygen atoms in total. The van der Waals surface area contributed by atoms with E-state index in [1.165, 1.54) is 6.07 Å². The lowest BCUT2D eigenvalue weighted by molar-refractivity contribution is 0.265. The minimum Gasteiger partial charge on any atom is -0.394 e. The lowest BCUT2D eigenvalue weighted by Crippen LogP contribution is -2.16. The number of nitrogens with two attached hydrogens (primary N) is 1. The molecular formula is C8H9FINO. The van der Waals surface area contributed by atoms with Crippen LogP contribution in [0.15, 0.2) is 18.2 Å². The average Bonchev–Trinajstić information content (AvgIpc) is 2.03. The van der Waals surface area contributed by atoms with Crippen LogP contribution in [0.5, 0.6) is 0 Å². The summed E-state index contributed by atoms with van der Waals surface area (Å²) in [7, 11) is 0. The molecule has 4 heteroatoms. The predicted octanol–water partition coefficient (Wildman–Crippen LogP) is 1.42. The van der Waals surface area contributed by atoms with Gasteiger partial charge in [0, 0.05) is 9.13 Å². The zero-order valence-corrected chi connectivity index (χ0v) is 8.45. The lowest BCUT2D eigenvalue weighted by atomic mass is 10.1. The topological polar surface area (TPSA) is 46.2 Å². The molecule has 12 heavy (non-hydrogen) atoms. The highest BCUT2D eigenvalue weighted by atomic mass is 127. The van der Waals surface area contributed by atoms with Gasteiger partial charge in [-0.15, -0.1) is 0 Å². The highest BCUT2D eigenvalue weighted by molar-refractivity contribution is 14.1. The second-order valence-corrected chi connectivity index (χ2v) is 3.70. The third-order valence-electron chi connectivity index (χ3n) is 1.56. The van der Waals surface area contributed by atoms with Gasteiger partial charge in [-0.3, -0.25) is 0 Å². The second-order valence-electron chi connectivity index (χ2n) is 2.45. The minimum atomic E-state index is -0.623. The first kappa shape index (κ1) is 9.88. The molecule has 0 aliphatic carbocycles. The molecular weight excluding hydrogens is 272 g/mol. The van der Waals surface area contributed by atoms with Crippen LogP contribution in [-0.2, 0) is 0 Å². The fraction of sp³-hybridized carbons (Fsp3) is 0.250. The smallest absolute Gasteiger partial charge is 0.129 e. The van der Waals surface area contributed by atoms with Crippen molar-refractivity contribution in [1.82, 2.24) is 0 Å². The van der Waals surface area contributed by atoms with Gasteiger partial charge in [-0.25, -0.2) is 4.39 Å². The summed E-state index contributed by atoms with van der Waals surface area (Å²) in [6, 6.07) is 4.12. The molecule has 66 valence electrons. The predicted molar refractivity (Wildman–Crippen MR) is 53.1 cm³/mol. The summed E-state index contributed by atoms with van der Waals surface area (Å²) >= 11 is 2.01. The number of hydrogen-bond donors (Lipinski definition) is 2. The van der Waals surface area contributed by atoms with Crippen molar-refractivity contribution in [3.8, 4) is 0 Å². The Hall–Kier alpha value is -0.200. The van der Waals surface area contributed by atoms with Crippen LogP contribution in [0.3, 0.4) is 0 Å². The maximum absolute atomic E-state index is 13.1. The van der Waals surface area contributed by atoms with Crippen molar-refractivity contribution in [3.63, 3.8) is 0 Å². The van der Waals surface area contributed by atoms with Crippen LogP contribution in [0.4, 0.5) is 4.39 Å². The van der Waals surface area contributed by atoms with Gasteiger partial charge < -0.3 is 10.8 Å². The van der Waals surface area contributed by atoms with Crippen molar-refractivity contribution in [1.29, 1.82) is 0 Å². The molecule has 0 saturated heterocycles. The highest BCUT2D eigenvalue weighted by Crippen LogP contribution is 2.17. The summed E-state index contributed by atoms with van der Waals surface area (Å²) in [6.07, 6.45) is 0. The third-order valence-corrected chi connectivity index (χ3v) is 2.23. The first-order valence-corrected chi connectivity index (χ1v) is 4.54. The van der Waals surface area contributed by atoms with E-state index in [0.717, 1.165) is 3.57 Å². The number of rotatable bonds is 2. The van der Waals surface area contributed by atoms with Gasteiger partial charge in [0.25, 0.3) is 0 Å². The number of aliphatic hydroxyl groups is 1. The van der Waals surface area contributed by atoms with E-state index in [-0.39, 0.29) is 12.4 Å². The molecule has 0 saturated carbocycles. The quantitative estimate of drug-likeness (QED) is 0.805. The number of halogens is 2. The Morgan fingerprint density at radius 1 is 1.58 bits per heavy atom. The molecule has 0 bridgehead atoms. The van der Waals surface area contributed by atoms with Crippen LogP contribution < -0.4 is 5.73 Å². The van der Waals surface area contributed by atoms with E-state index in [0.29, 0.717) is 5.56 Å².